The normalized spacial score (nSPS) is 10.8. The fraction of sp³-hybridized carbons (Fsp3) is 0.353. The van der Waals surface area contributed by atoms with Crippen LogP contribution >= 0.6 is 0 Å². The Morgan fingerprint density at radius 1 is 0.846 bits per heavy atom. The van der Waals surface area contributed by atoms with Crippen molar-refractivity contribution < 1.29 is 31.1 Å². The Kier molecular flexibility index (Phi) is 8.95. The molecular weight excluding hydrogens is 362 g/mol. The predicted molar refractivity (Wildman–Crippen MR) is 85.6 cm³/mol. The first kappa shape index (κ1) is 23.5. The Morgan fingerprint density at radius 2 is 1.31 bits per heavy atom. The number of halogens is 6. The molecule has 0 aliphatic carbocycles. The SMILES string of the molecule is CC.CC.O=Cc1ccnc(-c2cc(C(F)(F)F)cc(C(F)(F)F)c2)n1. The van der Waals surface area contributed by atoms with Crippen LogP contribution in [0, 0.1) is 0 Å². The fourth-order valence-electron chi connectivity index (χ4n) is 1.66. The molecule has 0 atom stereocenters. The highest BCUT2D eigenvalue weighted by atomic mass is 19.4. The molecule has 0 aliphatic rings. The molecule has 0 unspecified atom stereocenters. The fourth-order valence-corrected chi connectivity index (χ4v) is 1.66. The highest BCUT2D eigenvalue weighted by Gasteiger charge is 2.37. The maximum atomic E-state index is 12.7. The van der Waals surface area contributed by atoms with E-state index in [1.165, 1.54) is 6.07 Å². The van der Waals surface area contributed by atoms with Gasteiger partial charge in [0.05, 0.1) is 11.1 Å². The Labute approximate surface area is 147 Å². The van der Waals surface area contributed by atoms with Gasteiger partial charge in [0.2, 0.25) is 0 Å². The molecule has 0 N–H and O–H groups in total. The number of alkyl halides is 6. The number of carbonyl (C=O) groups excluding carboxylic acids is 1. The van der Waals surface area contributed by atoms with Gasteiger partial charge in [0, 0.05) is 11.8 Å². The molecular formula is C17H18F6N2O. The molecule has 0 radical (unpaired) electrons. The molecule has 2 aromatic rings. The largest absolute Gasteiger partial charge is 0.416 e. The van der Waals surface area contributed by atoms with Crippen LogP contribution < -0.4 is 0 Å². The van der Waals surface area contributed by atoms with Crippen molar-refractivity contribution in [3.05, 3.63) is 47.3 Å². The van der Waals surface area contributed by atoms with Crippen LogP contribution in [-0.4, -0.2) is 16.3 Å². The number of hydrogen-bond donors (Lipinski definition) is 0. The zero-order valence-corrected chi connectivity index (χ0v) is 14.5. The number of hydrogen-bond acceptors (Lipinski definition) is 3. The van der Waals surface area contributed by atoms with E-state index in [-0.39, 0.29) is 11.8 Å². The van der Waals surface area contributed by atoms with E-state index in [0.29, 0.717) is 18.4 Å². The topological polar surface area (TPSA) is 42.9 Å². The van der Waals surface area contributed by atoms with Gasteiger partial charge in [-0.15, -0.1) is 0 Å². The summed E-state index contributed by atoms with van der Waals surface area (Å²) in [4.78, 5) is 17.8. The van der Waals surface area contributed by atoms with E-state index in [1.54, 1.807) is 0 Å². The van der Waals surface area contributed by atoms with Crippen molar-refractivity contribution in [2.24, 2.45) is 0 Å². The van der Waals surface area contributed by atoms with Crippen molar-refractivity contribution in [1.29, 1.82) is 0 Å². The summed E-state index contributed by atoms with van der Waals surface area (Å²) in [6.07, 6.45) is -8.54. The molecule has 3 nitrogen and oxygen atoms in total. The second-order valence-corrected chi connectivity index (χ2v) is 4.22. The molecule has 0 spiro atoms. The number of carbonyl (C=O) groups is 1. The number of benzene rings is 1. The third-order valence-electron chi connectivity index (χ3n) is 2.64. The average molecular weight is 380 g/mol. The Morgan fingerprint density at radius 3 is 1.69 bits per heavy atom. The van der Waals surface area contributed by atoms with Crippen LogP contribution in [0.15, 0.2) is 30.5 Å². The van der Waals surface area contributed by atoms with Crippen LogP contribution in [0.5, 0.6) is 0 Å². The number of aldehydes is 1. The first-order valence-electron chi connectivity index (χ1n) is 7.69. The van der Waals surface area contributed by atoms with Crippen LogP contribution in [0.4, 0.5) is 26.3 Å². The summed E-state index contributed by atoms with van der Waals surface area (Å²) in [6, 6.07) is 2.18. The minimum atomic E-state index is -4.96. The Bertz CT molecular complexity index is 679. The van der Waals surface area contributed by atoms with Crippen molar-refractivity contribution in [2.75, 3.05) is 0 Å². The van der Waals surface area contributed by atoms with Crippen molar-refractivity contribution >= 4 is 6.29 Å². The molecule has 0 bridgehead atoms. The minimum Gasteiger partial charge on any atom is -0.296 e. The lowest BCUT2D eigenvalue weighted by Crippen LogP contribution is -2.11. The van der Waals surface area contributed by atoms with Gasteiger partial charge in [0.1, 0.15) is 5.69 Å². The van der Waals surface area contributed by atoms with Gasteiger partial charge in [0.15, 0.2) is 12.1 Å². The molecule has 0 saturated carbocycles. The lowest BCUT2D eigenvalue weighted by Gasteiger charge is -2.13. The van der Waals surface area contributed by atoms with E-state index < -0.39 is 34.9 Å². The summed E-state index contributed by atoms with van der Waals surface area (Å²) in [6.45, 7) is 8.00. The van der Waals surface area contributed by atoms with E-state index in [2.05, 4.69) is 9.97 Å². The van der Waals surface area contributed by atoms with Gasteiger partial charge in [-0.2, -0.15) is 26.3 Å². The van der Waals surface area contributed by atoms with Crippen molar-refractivity contribution in [3.8, 4) is 11.4 Å². The highest BCUT2D eigenvalue weighted by molar-refractivity contribution is 5.73. The van der Waals surface area contributed by atoms with E-state index in [9.17, 15) is 31.1 Å². The molecule has 0 aliphatic heterocycles. The maximum Gasteiger partial charge on any atom is 0.416 e. The van der Waals surface area contributed by atoms with Crippen LogP contribution in [0.25, 0.3) is 11.4 Å². The lowest BCUT2D eigenvalue weighted by molar-refractivity contribution is -0.143. The van der Waals surface area contributed by atoms with E-state index in [0.717, 1.165) is 6.20 Å². The molecule has 9 heteroatoms. The van der Waals surface area contributed by atoms with Gasteiger partial charge < -0.3 is 0 Å². The molecule has 0 amide bonds. The minimum absolute atomic E-state index is 0.00702. The molecule has 1 aromatic carbocycles. The number of aromatic nitrogens is 2. The number of nitrogens with zero attached hydrogens (tertiary/aromatic N) is 2. The van der Waals surface area contributed by atoms with Crippen LogP contribution in [0.1, 0.15) is 49.3 Å². The monoisotopic (exact) mass is 380 g/mol. The summed E-state index contributed by atoms with van der Waals surface area (Å²) >= 11 is 0. The van der Waals surface area contributed by atoms with E-state index >= 15 is 0 Å². The first-order valence-corrected chi connectivity index (χ1v) is 7.69. The summed E-state index contributed by atoms with van der Waals surface area (Å²) in [5.74, 6) is -0.402. The lowest BCUT2D eigenvalue weighted by atomic mass is 10.0. The van der Waals surface area contributed by atoms with Gasteiger partial charge in [0.25, 0.3) is 0 Å². The first-order chi connectivity index (χ1) is 12.1. The molecule has 26 heavy (non-hydrogen) atoms. The second-order valence-electron chi connectivity index (χ2n) is 4.22. The Hall–Kier alpha value is -2.45. The van der Waals surface area contributed by atoms with Gasteiger partial charge in [-0.1, -0.05) is 27.7 Å². The van der Waals surface area contributed by atoms with Gasteiger partial charge in [-0.3, -0.25) is 4.79 Å². The van der Waals surface area contributed by atoms with Crippen molar-refractivity contribution in [2.45, 2.75) is 40.0 Å². The maximum absolute atomic E-state index is 12.7. The molecule has 0 saturated heterocycles. The molecule has 1 aromatic heterocycles. The third kappa shape index (κ3) is 6.45. The Balaban J connectivity index is 0.00000146. The zero-order chi connectivity index (χ0) is 20.5. The smallest absolute Gasteiger partial charge is 0.296 e. The molecule has 1 heterocycles. The van der Waals surface area contributed by atoms with Crippen molar-refractivity contribution in [3.63, 3.8) is 0 Å². The standard InChI is InChI=1S/C13H6F6N2O.2C2H6/c14-12(15,16)8-3-7(4-9(5-8)13(17,18)19)11-20-2-1-10(6-22)21-11;2*1-2/h1-6H;2*1-2H3. The van der Waals surface area contributed by atoms with Crippen LogP contribution in [-0.2, 0) is 12.4 Å². The second kappa shape index (κ2) is 9.88. The van der Waals surface area contributed by atoms with E-state index in [4.69, 9.17) is 0 Å². The van der Waals surface area contributed by atoms with Gasteiger partial charge >= 0.3 is 12.4 Å². The van der Waals surface area contributed by atoms with Crippen LogP contribution in [0.2, 0.25) is 0 Å². The summed E-state index contributed by atoms with van der Waals surface area (Å²) in [5.41, 5.74) is -3.59. The quantitative estimate of drug-likeness (QED) is 0.471. The molecule has 2 rings (SSSR count). The molecule has 144 valence electrons. The highest BCUT2D eigenvalue weighted by Crippen LogP contribution is 2.37. The molecule has 0 fully saturated rings. The van der Waals surface area contributed by atoms with Gasteiger partial charge in [-0.05, 0) is 24.3 Å². The average Bonchev–Trinajstić information content (AvgIpc) is 2.63. The predicted octanol–water partition coefficient (Wildman–Crippen LogP) is 6.05. The zero-order valence-electron chi connectivity index (χ0n) is 14.5. The summed E-state index contributed by atoms with van der Waals surface area (Å²) in [5, 5.41) is 0. The summed E-state index contributed by atoms with van der Waals surface area (Å²) in [7, 11) is 0. The van der Waals surface area contributed by atoms with Crippen molar-refractivity contribution in [1.82, 2.24) is 9.97 Å². The number of rotatable bonds is 2. The van der Waals surface area contributed by atoms with Gasteiger partial charge in [-0.25, -0.2) is 9.97 Å². The summed E-state index contributed by atoms with van der Waals surface area (Å²) < 4.78 is 76.4. The van der Waals surface area contributed by atoms with Crippen LogP contribution in [0.3, 0.4) is 0 Å². The van der Waals surface area contributed by atoms with E-state index in [1.807, 2.05) is 27.7 Å². The third-order valence-corrected chi connectivity index (χ3v) is 2.64.